The molecule has 0 saturated carbocycles. The van der Waals surface area contributed by atoms with Gasteiger partial charge in [0, 0.05) is 19.6 Å². The Kier molecular flexibility index (Phi) is 5.25. The molecule has 0 unspecified atom stereocenters. The fourth-order valence-corrected chi connectivity index (χ4v) is 4.43. The highest BCUT2D eigenvalue weighted by Gasteiger charge is 2.41. The van der Waals surface area contributed by atoms with Gasteiger partial charge in [-0.2, -0.15) is 0 Å². The van der Waals surface area contributed by atoms with Crippen molar-refractivity contribution in [3.8, 4) is 5.75 Å². The van der Waals surface area contributed by atoms with Crippen LogP contribution in [0.4, 0.5) is 13.2 Å². The Balaban J connectivity index is 1.37. The molecule has 0 radical (unpaired) electrons. The fraction of sp³-hybridized carbons (Fsp3) is 0.409. The first kappa shape index (κ1) is 19.8. The van der Waals surface area contributed by atoms with E-state index in [9.17, 15) is 18.0 Å². The van der Waals surface area contributed by atoms with E-state index in [0.29, 0.717) is 12.8 Å². The molecule has 0 aliphatic carbocycles. The molecule has 4 nitrogen and oxygen atoms in total. The maximum absolute atomic E-state index is 12.4. The number of carbonyl (C=O) groups is 1. The minimum absolute atomic E-state index is 0.0682. The molecule has 0 atom stereocenters. The fourth-order valence-electron chi connectivity index (χ4n) is 4.43. The highest BCUT2D eigenvalue weighted by molar-refractivity contribution is 5.82. The van der Waals surface area contributed by atoms with Gasteiger partial charge in [0.15, 0.2) is 0 Å². The van der Waals surface area contributed by atoms with Crippen molar-refractivity contribution in [3.05, 3.63) is 65.2 Å². The summed E-state index contributed by atoms with van der Waals surface area (Å²) < 4.78 is 41.2. The summed E-state index contributed by atoms with van der Waals surface area (Å²) in [6.07, 6.45) is -1.95. The number of amides is 1. The predicted molar refractivity (Wildman–Crippen MR) is 102 cm³/mol. The Bertz CT molecular complexity index is 890. The largest absolute Gasteiger partial charge is 0.573 e. The molecule has 1 saturated heterocycles. The number of hydrogen-bond acceptors (Lipinski definition) is 3. The summed E-state index contributed by atoms with van der Waals surface area (Å²) in [5.74, 6) is -0.118. The van der Waals surface area contributed by atoms with E-state index in [2.05, 4.69) is 21.0 Å². The van der Waals surface area contributed by atoms with Gasteiger partial charge < -0.3 is 15.0 Å². The zero-order chi connectivity index (χ0) is 20.5. The smallest absolute Gasteiger partial charge is 0.406 e. The van der Waals surface area contributed by atoms with E-state index in [4.69, 9.17) is 0 Å². The molecule has 2 aromatic rings. The topological polar surface area (TPSA) is 41.6 Å². The first-order chi connectivity index (χ1) is 13.8. The maximum atomic E-state index is 12.4. The maximum Gasteiger partial charge on any atom is 0.573 e. The SMILES string of the molecule is O=C1Cc2ccccc2C2(CCN(CCc3cccc(OC(F)(F)F)c3)CC2)N1. The molecule has 7 heteroatoms. The molecule has 1 spiro atoms. The zero-order valence-electron chi connectivity index (χ0n) is 16.0. The number of ether oxygens (including phenoxy) is 1. The lowest BCUT2D eigenvalue weighted by Gasteiger charge is -2.45. The van der Waals surface area contributed by atoms with Gasteiger partial charge in [-0.05, 0) is 48.1 Å². The molecular weight excluding hydrogens is 381 g/mol. The quantitative estimate of drug-likeness (QED) is 0.843. The number of fused-ring (bicyclic) bond motifs is 2. The van der Waals surface area contributed by atoms with Gasteiger partial charge in [0.1, 0.15) is 5.75 Å². The van der Waals surface area contributed by atoms with E-state index < -0.39 is 6.36 Å². The molecule has 2 heterocycles. The van der Waals surface area contributed by atoms with Crippen molar-refractivity contribution in [2.24, 2.45) is 0 Å². The summed E-state index contributed by atoms with van der Waals surface area (Å²) in [6, 6.07) is 14.3. The second kappa shape index (κ2) is 7.71. The van der Waals surface area contributed by atoms with Gasteiger partial charge in [0.2, 0.25) is 5.91 Å². The first-order valence-electron chi connectivity index (χ1n) is 9.79. The predicted octanol–water partition coefficient (Wildman–Crippen LogP) is 3.79. The Hall–Kier alpha value is -2.54. The van der Waals surface area contributed by atoms with Crippen molar-refractivity contribution in [1.82, 2.24) is 10.2 Å². The monoisotopic (exact) mass is 404 g/mol. The second-order valence-corrected chi connectivity index (χ2v) is 7.75. The number of nitrogens with zero attached hydrogens (tertiary/aromatic N) is 1. The Morgan fingerprint density at radius 2 is 1.83 bits per heavy atom. The number of halogens is 3. The van der Waals surface area contributed by atoms with Gasteiger partial charge in [-0.1, -0.05) is 36.4 Å². The van der Waals surface area contributed by atoms with Crippen LogP contribution in [0.3, 0.4) is 0 Å². The van der Waals surface area contributed by atoms with E-state index in [1.54, 1.807) is 6.07 Å². The molecule has 29 heavy (non-hydrogen) atoms. The van der Waals surface area contributed by atoms with Crippen molar-refractivity contribution in [3.63, 3.8) is 0 Å². The Morgan fingerprint density at radius 1 is 1.07 bits per heavy atom. The summed E-state index contributed by atoms with van der Waals surface area (Å²) in [7, 11) is 0. The van der Waals surface area contributed by atoms with Crippen LogP contribution in [-0.4, -0.2) is 36.8 Å². The van der Waals surface area contributed by atoms with E-state index in [1.165, 1.54) is 17.7 Å². The molecule has 1 amide bonds. The van der Waals surface area contributed by atoms with Crippen LogP contribution in [0, 0.1) is 0 Å². The molecule has 154 valence electrons. The molecule has 2 aromatic carbocycles. The Labute approximate surface area is 167 Å². The van der Waals surface area contributed by atoms with Crippen LogP contribution in [0.2, 0.25) is 0 Å². The van der Waals surface area contributed by atoms with Gasteiger partial charge in [-0.3, -0.25) is 4.79 Å². The Morgan fingerprint density at radius 3 is 2.59 bits per heavy atom. The van der Waals surface area contributed by atoms with Crippen molar-refractivity contribution in [1.29, 1.82) is 0 Å². The number of alkyl halides is 3. The van der Waals surface area contributed by atoms with Crippen molar-refractivity contribution >= 4 is 5.91 Å². The number of rotatable bonds is 4. The second-order valence-electron chi connectivity index (χ2n) is 7.75. The lowest BCUT2D eigenvalue weighted by atomic mass is 9.75. The van der Waals surface area contributed by atoms with Gasteiger partial charge in [-0.15, -0.1) is 13.2 Å². The number of benzene rings is 2. The summed E-state index contributed by atoms with van der Waals surface area (Å²) in [5, 5.41) is 3.22. The standard InChI is InChI=1S/C22H23F3N2O2/c23-22(24,25)29-18-6-3-4-16(14-18)8-11-27-12-9-21(10-13-27)19-7-2-1-5-17(19)15-20(28)26-21/h1-7,14H,8-13,15H2,(H,26,28). The van der Waals surface area contributed by atoms with Crippen LogP contribution in [-0.2, 0) is 23.2 Å². The molecule has 0 aromatic heterocycles. The summed E-state index contributed by atoms with van der Waals surface area (Å²) in [4.78, 5) is 14.5. The number of nitrogens with one attached hydrogen (secondary N) is 1. The van der Waals surface area contributed by atoms with Crippen LogP contribution in [0.5, 0.6) is 5.75 Å². The van der Waals surface area contributed by atoms with E-state index in [0.717, 1.165) is 43.6 Å². The van der Waals surface area contributed by atoms with Gasteiger partial charge in [0.05, 0.1) is 12.0 Å². The molecule has 4 rings (SSSR count). The van der Waals surface area contributed by atoms with Gasteiger partial charge >= 0.3 is 6.36 Å². The number of likely N-dealkylation sites (tertiary alicyclic amines) is 1. The third-order valence-corrected chi connectivity index (χ3v) is 5.82. The minimum atomic E-state index is -4.68. The molecule has 1 fully saturated rings. The van der Waals surface area contributed by atoms with Crippen LogP contribution >= 0.6 is 0 Å². The lowest BCUT2D eigenvalue weighted by molar-refractivity contribution is -0.274. The van der Waals surface area contributed by atoms with Crippen molar-refractivity contribution in [2.45, 2.75) is 37.6 Å². The van der Waals surface area contributed by atoms with Crippen molar-refractivity contribution < 1.29 is 22.7 Å². The molecule has 2 aliphatic rings. The number of carbonyl (C=O) groups excluding carboxylic acids is 1. The first-order valence-corrected chi connectivity index (χ1v) is 9.79. The van der Waals surface area contributed by atoms with E-state index in [-0.39, 0.29) is 17.2 Å². The third-order valence-electron chi connectivity index (χ3n) is 5.82. The van der Waals surface area contributed by atoms with Gasteiger partial charge in [0.25, 0.3) is 0 Å². The highest BCUT2D eigenvalue weighted by atomic mass is 19.4. The average molecular weight is 404 g/mol. The van der Waals surface area contributed by atoms with Crippen LogP contribution in [0.25, 0.3) is 0 Å². The van der Waals surface area contributed by atoms with Gasteiger partial charge in [-0.25, -0.2) is 0 Å². The van der Waals surface area contributed by atoms with Crippen LogP contribution < -0.4 is 10.1 Å². The third kappa shape index (κ3) is 4.56. The number of piperidine rings is 1. The van der Waals surface area contributed by atoms with E-state index in [1.807, 2.05) is 24.3 Å². The minimum Gasteiger partial charge on any atom is -0.406 e. The zero-order valence-corrected chi connectivity index (χ0v) is 16.0. The average Bonchev–Trinajstić information content (AvgIpc) is 2.66. The van der Waals surface area contributed by atoms with Crippen LogP contribution in [0.15, 0.2) is 48.5 Å². The van der Waals surface area contributed by atoms with E-state index >= 15 is 0 Å². The molecule has 1 N–H and O–H groups in total. The van der Waals surface area contributed by atoms with Crippen LogP contribution in [0.1, 0.15) is 29.5 Å². The number of hydrogen-bond donors (Lipinski definition) is 1. The highest BCUT2D eigenvalue weighted by Crippen LogP contribution is 2.37. The lowest BCUT2D eigenvalue weighted by Crippen LogP contribution is -2.56. The molecule has 0 bridgehead atoms. The normalized spacial score (nSPS) is 18.9. The summed E-state index contributed by atoms with van der Waals surface area (Å²) in [5.41, 5.74) is 2.83. The molecule has 2 aliphatic heterocycles. The molecular formula is C22H23F3N2O2. The summed E-state index contributed by atoms with van der Waals surface area (Å²) in [6.45, 7) is 2.40. The van der Waals surface area contributed by atoms with Crippen molar-refractivity contribution in [2.75, 3.05) is 19.6 Å². The summed E-state index contributed by atoms with van der Waals surface area (Å²) >= 11 is 0.